The van der Waals surface area contributed by atoms with Crippen LogP contribution in [0.25, 0.3) is 22.2 Å². The summed E-state index contributed by atoms with van der Waals surface area (Å²) in [7, 11) is 4.11. The molecular formula is C17H16N2. The second-order valence-electron chi connectivity index (χ2n) is 4.80. The van der Waals surface area contributed by atoms with Crippen molar-refractivity contribution in [2.24, 2.45) is 0 Å². The minimum absolute atomic E-state index is 1.02. The molecule has 19 heavy (non-hydrogen) atoms. The summed E-state index contributed by atoms with van der Waals surface area (Å²) in [5, 5.41) is 1.17. The lowest BCUT2D eigenvalue weighted by molar-refractivity contribution is 1.13. The predicted octanol–water partition coefficient (Wildman–Crippen LogP) is 3.97. The minimum atomic E-state index is 1.02. The van der Waals surface area contributed by atoms with E-state index < -0.39 is 0 Å². The Morgan fingerprint density at radius 1 is 0.789 bits per heavy atom. The summed E-state index contributed by atoms with van der Waals surface area (Å²) >= 11 is 0. The molecule has 3 aromatic rings. The number of fused-ring (bicyclic) bond motifs is 1. The van der Waals surface area contributed by atoms with Crippen molar-refractivity contribution >= 4 is 16.6 Å². The van der Waals surface area contributed by atoms with Gasteiger partial charge in [0.1, 0.15) is 0 Å². The van der Waals surface area contributed by atoms with Crippen molar-refractivity contribution in [3.05, 3.63) is 60.7 Å². The van der Waals surface area contributed by atoms with E-state index in [4.69, 9.17) is 4.98 Å². The van der Waals surface area contributed by atoms with Crippen LogP contribution in [-0.2, 0) is 0 Å². The van der Waals surface area contributed by atoms with Gasteiger partial charge in [-0.05, 0) is 18.2 Å². The molecule has 2 heteroatoms. The fourth-order valence-corrected chi connectivity index (χ4v) is 2.30. The number of aromatic nitrogens is 1. The number of anilines is 1. The molecule has 0 radical (unpaired) electrons. The highest BCUT2D eigenvalue weighted by Crippen LogP contribution is 2.29. The summed E-state index contributed by atoms with van der Waals surface area (Å²) in [4.78, 5) is 6.88. The molecule has 0 bridgehead atoms. The Morgan fingerprint density at radius 3 is 2.37 bits per heavy atom. The van der Waals surface area contributed by atoms with Gasteiger partial charge in [-0.25, -0.2) is 4.98 Å². The van der Waals surface area contributed by atoms with Gasteiger partial charge >= 0.3 is 0 Å². The number of rotatable bonds is 2. The molecule has 1 heterocycles. The zero-order valence-electron chi connectivity index (χ0n) is 11.2. The summed E-state index contributed by atoms with van der Waals surface area (Å²) < 4.78 is 0. The van der Waals surface area contributed by atoms with Gasteiger partial charge in [0.25, 0.3) is 0 Å². The number of para-hydroxylation sites is 2. The van der Waals surface area contributed by atoms with Crippen LogP contribution in [0, 0.1) is 0 Å². The Hall–Kier alpha value is -2.35. The van der Waals surface area contributed by atoms with E-state index in [1.54, 1.807) is 0 Å². The first kappa shape index (κ1) is 11.7. The second kappa shape index (κ2) is 4.73. The molecule has 3 rings (SSSR count). The molecule has 0 saturated heterocycles. The number of benzene rings is 2. The van der Waals surface area contributed by atoms with Crippen LogP contribution in [0.5, 0.6) is 0 Å². The van der Waals surface area contributed by atoms with Gasteiger partial charge in [-0.2, -0.15) is 0 Å². The zero-order chi connectivity index (χ0) is 13.2. The molecular weight excluding hydrogens is 232 g/mol. The quantitative estimate of drug-likeness (QED) is 0.682. The number of hydrogen-bond donors (Lipinski definition) is 0. The average Bonchev–Trinajstić information content (AvgIpc) is 2.46. The smallest absolute Gasteiger partial charge is 0.0730 e. The molecule has 0 aliphatic heterocycles. The van der Waals surface area contributed by atoms with Gasteiger partial charge < -0.3 is 4.90 Å². The Kier molecular flexibility index (Phi) is 2.92. The van der Waals surface area contributed by atoms with Crippen molar-refractivity contribution in [2.75, 3.05) is 19.0 Å². The molecule has 0 N–H and O–H groups in total. The van der Waals surface area contributed by atoms with Gasteiger partial charge in [-0.3, -0.25) is 0 Å². The highest BCUT2D eigenvalue weighted by Gasteiger charge is 2.07. The van der Waals surface area contributed by atoms with E-state index in [0.717, 1.165) is 11.2 Å². The predicted molar refractivity (Wildman–Crippen MR) is 81.5 cm³/mol. The Balaban J connectivity index is 2.19. The molecule has 0 spiro atoms. The maximum absolute atomic E-state index is 4.76. The van der Waals surface area contributed by atoms with Crippen LogP contribution in [0.3, 0.4) is 0 Å². The van der Waals surface area contributed by atoms with Gasteiger partial charge in [0.2, 0.25) is 0 Å². The second-order valence-corrected chi connectivity index (χ2v) is 4.80. The molecule has 2 nitrogen and oxygen atoms in total. The maximum Gasteiger partial charge on any atom is 0.0730 e. The summed E-state index contributed by atoms with van der Waals surface area (Å²) in [6.07, 6.45) is 0. The van der Waals surface area contributed by atoms with Crippen molar-refractivity contribution in [1.82, 2.24) is 4.98 Å². The summed E-state index contributed by atoms with van der Waals surface area (Å²) in [5.74, 6) is 0. The fourth-order valence-electron chi connectivity index (χ4n) is 2.30. The van der Waals surface area contributed by atoms with Crippen molar-refractivity contribution in [2.45, 2.75) is 0 Å². The summed E-state index contributed by atoms with van der Waals surface area (Å²) in [6.45, 7) is 0. The van der Waals surface area contributed by atoms with Gasteiger partial charge in [-0.15, -0.1) is 0 Å². The van der Waals surface area contributed by atoms with Crippen LogP contribution < -0.4 is 4.90 Å². The van der Waals surface area contributed by atoms with E-state index >= 15 is 0 Å². The van der Waals surface area contributed by atoms with E-state index in [0.29, 0.717) is 0 Å². The molecule has 0 amide bonds. The van der Waals surface area contributed by atoms with E-state index in [1.807, 2.05) is 12.1 Å². The van der Waals surface area contributed by atoms with Crippen molar-refractivity contribution in [3.8, 4) is 11.3 Å². The summed E-state index contributed by atoms with van der Waals surface area (Å²) in [5.41, 5.74) is 4.40. The van der Waals surface area contributed by atoms with Gasteiger partial charge in [0, 0.05) is 30.7 Å². The molecule has 0 atom stereocenters. The third-order valence-electron chi connectivity index (χ3n) is 3.26. The van der Waals surface area contributed by atoms with E-state index in [1.165, 1.54) is 16.6 Å². The number of pyridine rings is 1. The number of hydrogen-bond acceptors (Lipinski definition) is 2. The van der Waals surface area contributed by atoms with Crippen molar-refractivity contribution < 1.29 is 0 Å². The molecule has 0 saturated carbocycles. The van der Waals surface area contributed by atoms with Gasteiger partial charge in [0.15, 0.2) is 0 Å². The third kappa shape index (κ3) is 2.17. The topological polar surface area (TPSA) is 16.1 Å². The average molecular weight is 248 g/mol. The lowest BCUT2D eigenvalue weighted by atomic mass is 10.1. The van der Waals surface area contributed by atoms with Crippen LogP contribution in [0.1, 0.15) is 0 Å². The first-order chi connectivity index (χ1) is 9.25. The Morgan fingerprint density at radius 2 is 1.53 bits per heavy atom. The van der Waals surface area contributed by atoms with Crippen LogP contribution in [-0.4, -0.2) is 19.1 Å². The van der Waals surface area contributed by atoms with E-state index in [2.05, 4.69) is 67.5 Å². The van der Waals surface area contributed by atoms with Crippen LogP contribution in [0.15, 0.2) is 60.7 Å². The third-order valence-corrected chi connectivity index (χ3v) is 3.26. The Bertz CT molecular complexity index is 717. The van der Waals surface area contributed by atoms with Gasteiger partial charge in [0.05, 0.1) is 11.2 Å². The monoisotopic (exact) mass is 248 g/mol. The van der Waals surface area contributed by atoms with Crippen LogP contribution in [0.4, 0.5) is 5.69 Å². The first-order valence-corrected chi connectivity index (χ1v) is 6.38. The first-order valence-electron chi connectivity index (χ1n) is 6.38. The molecule has 0 unspecified atom stereocenters. The minimum Gasteiger partial charge on any atom is -0.377 e. The molecule has 94 valence electrons. The standard InChI is InChI=1S/C17H16N2/c1-19(2)17-10-6-4-8-14(17)16-12-11-13-7-3-5-9-15(13)18-16/h3-12H,1-2H3. The largest absolute Gasteiger partial charge is 0.377 e. The zero-order valence-corrected chi connectivity index (χ0v) is 11.2. The van der Waals surface area contributed by atoms with E-state index in [9.17, 15) is 0 Å². The molecule has 0 fully saturated rings. The van der Waals surface area contributed by atoms with Crippen LogP contribution in [0.2, 0.25) is 0 Å². The highest BCUT2D eigenvalue weighted by atomic mass is 15.1. The maximum atomic E-state index is 4.76. The highest BCUT2D eigenvalue weighted by molar-refractivity contribution is 5.84. The molecule has 0 aliphatic carbocycles. The van der Waals surface area contributed by atoms with Crippen molar-refractivity contribution in [1.29, 1.82) is 0 Å². The molecule has 0 aliphatic rings. The molecule has 2 aromatic carbocycles. The van der Waals surface area contributed by atoms with Crippen LogP contribution >= 0.6 is 0 Å². The SMILES string of the molecule is CN(C)c1ccccc1-c1ccc2ccccc2n1. The normalized spacial score (nSPS) is 10.6. The van der Waals surface area contributed by atoms with E-state index in [-0.39, 0.29) is 0 Å². The van der Waals surface area contributed by atoms with Crippen molar-refractivity contribution in [3.63, 3.8) is 0 Å². The molecule has 1 aromatic heterocycles. The lowest BCUT2D eigenvalue weighted by Gasteiger charge is -2.17. The summed E-state index contributed by atoms with van der Waals surface area (Å²) in [6, 6.07) is 20.8. The lowest BCUT2D eigenvalue weighted by Crippen LogP contribution is -2.09. The Labute approximate surface area is 113 Å². The fraction of sp³-hybridized carbons (Fsp3) is 0.118. The van der Waals surface area contributed by atoms with Gasteiger partial charge in [-0.1, -0.05) is 42.5 Å². The number of nitrogens with zero attached hydrogens (tertiary/aromatic N) is 2.